The molecule has 8 heteroatoms. The second-order valence-electron chi connectivity index (χ2n) is 8.95. The Balaban J connectivity index is 1.67. The molecule has 8 nitrogen and oxygen atoms in total. The summed E-state index contributed by atoms with van der Waals surface area (Å²) in [5.41, 5.74) is 0.279. The minimum Gasteiger partial charge on any atom is -0.465 e. The summed E-state index contributed by atoms with van der Waals surface area (Å²) in [6.45, 7) is 7.32. The van der Waals surface area contributed by atoms with Crippen molar-refractivity contribution in [1.82, 2.24) is 0 Å². The number of carbonyl (C=O) groups is 3. The number of ether oxygens (including phenoxy) is 5. The average molecular weight is 408 g/mol. The van der Waals surface area contributed by atoms with Crippen molar-refractivity contribution < 1.29 is 38.1 Å². The summed E-state index contributed by atoms with van der Waals surface area (Å²) >= 11 is 0. The summed E-state index contributed by atoms with van der Waals surface area (Å²) in [7, 11) is 0. The van der Waals surface area contributed by atoms with Gasteiger partial charge in [0.25, 0.3) is 0 Å². The van der Waals surface area contributed by atoms with E-state index >= 15 is 0 Å². The molecule has 2 aliphatic carbocycles. The van der Waals surface area contributed by atoms with Gasteiger partial charge in [0, 0.05) is 37.7 Å². The Morgan fingerprint density at radius 2 is 1.79 bits per heavy atom. The van der Waals surface area contributed by atoms with Crippen molar-refractivity contribution in [2.24, 2.45) is 29.1 Å². The molecule has 1 saturated heterocycles. The summed E-state index contributed by atoms with van der Waals surface area (Å²) in [4.78, 5) is 34.5. The van der Waals surface area contributed by atoms with Gasteiger partial charge in [-0.3, -0.25) is 14.4 Å². The molecule has 0 amide bonds. The lowest BCUT2D eigenvalue weighted by atomic mass is 9.71. The smallest absolute Gasteiger partial charge is 0.305 e. The average Bonchev–Trinajstić information content (AvgIpc) is 3.53. The van der Waals surface area contributed by atoms with Crippen LogP contribution in [0.3, 0.4) is 0 Å². The number of hydrogen-bond acceptors (Lipinski definition) is 8. The zero-order valence-corrected chi connectivity index (χ0v) is 17.3. The van der Waals surface area contributed by atoms with Crippen molar-refractivity contribution in [1.29, 1.82) is 0 Å². The number of rotatable bonds is 5. The van der Waals surface area contributed by atoms with Crippen molar-refractivity contribution >= 4 is 17.9 Å². The van der Waals surface area contributed by atoms with Crippen LogP contribution in [0.2, 0.25) is 0 Å². The summed E-state index contributed by atoms with van der Waals surface area (Å²) in [5, 5.41) is 0. The van der Waals surface area contributed by atoms with Crippen LogP contribution >= 0.6 is 0 Å². The molecule has 0 N–H and O–H groups in total. The molecule has 0 aromatic rings. The summed E-state index contributed by atoms with van der Waals surface area (Å²) in [5.74, 6) is -0.800. The zero-order valence-electron chi connectivity index (χ0n) is 17.3. The second kappa shape index (κ2) is 7.00. The molecule has 2 saturated carbocycles. The number of hydrogen-bond donors (Lipinski definition) is 0. The van der Waals surface area contributed by atoms with E-state index < -0.39 is 17.9 Å². The summed E-state index contributed by atoms with van der Waals surface area (Å²) in [6.07, 6.45) is 2.58. The molecule has 0 unspecified atom stereocenters. The molecule has 0 aromatic carbocycles. The number of fused-ring (bicyclic) bond motifs is 4. The Labute approximate surface area is 169 Å². The third-order valence-corrected chi connectivity index (χ3v) is 7.09. The van der Waals surface area contributed by atoms with E-state index in [9.17, 15) is 14.4 Å². The molecular weight excluding hydrogens is 380 g/mol. The van der Waals surface area contributed by atoms with Crippen LogP contribution in [0.15, 0.2) is 11.8 Å². The van der Waals surface area contributed by atoms with Crippen LogP contribution in [0.1, 0.15) is 40.5 Å². The Morgan fingerprint density at radius 3 is 2.38 bits per heavy atom. The molecule has 7 atom stereocenters. The fourth-order valence-corrected chi connectivity index (χ4v) is 5.65. The number of epoxide rings is 1. The molecule has 0 radical (unpaired) electrons. The summed E-state index contributed by atoms with van der Waals surface area (Å²) in [6, 6.07) is 0. The van der Waals surface area contributed by atoms with Gasteiger partial charge in [-0.15, -0.1) is 0 Å². The normalized spacial score (nSPS) is 41.7. The topological polar surface area (TPSA) is 101 Å². The first-order chi connectivity index (χ1) is 13.7. The first-order valence-corrected chi connectivity index (χ1v) is 10.1. The van der Waals surface area contributed by atoms with Crippen LogP contribution < -0.4 is 0 Å². The SMILES string of the molecule is CC(=O)OCC1=CO[C@H](OC(C)=O)[C@@H]2[C@H]1[C@@H]1[C@H](CC[C@@]23CO3)[C@@]1(C)COC(C)=O. The number of esters is 3. The third kappa shape index (κ3) is 3.52. The summed E-state index contributed by atoms with van der Waals surface area (Å²) < 4.78 is 27.9. The van der Waals surface area contributed by atoms with Crippen LogP contribution in [0.5, 0.6) is 0 Å². The molecule has 160 valence electrons. The highest BCUT2D eigenvalue weighted by Gasteiger charge is 2.73. The predicted octanol–water partition coefficient (Wildman–Crippen LogP) is 1.96. The largest absolute Gasteiger partial charge is 0.465 e. The van der Waals surface area contributed by atoms with Crippen molar-refractivity contribution in [2.75, 3.05) is 19.8 Å². The fourth-order valence-electron chi connectivity index (χ4n) is 5.65. The van der Waals surface area contributed by atoms with E-state index in [-0.39, 0.29) is 41.7 Å². The van der Waals surface area contributed by atoms with Crippen LogP contribution in [-0.2, 0) is 38.1 Å². The molecule has 4 aliphatic rings. The standard InChI is InChI=1S/C21H28O8/c1-11(22)25-7-14-8-26-19(29-13(3)24)18-16(14)17-15(5-6-21(18)10-28-21)20(17,4)9-27-12(2)23/h8,15-19H,5-7,9-10H2,1-4H3/t15-,16+,17-,18-,19+,20+,21+/m0/s1. The molecule has 1 spiro atoms. The highest BCUT2D eigenvalue weighted by atomic mass is 16.7. The predicted molar refractivity (Wildman–Crippen MR) is 98.0 cm³/mol. The molecular formula is C21H28O8. The first-order valence-electron chi connectivity index (χ1n) is 10.1. The van der Waals surface area contributed by atoms with E-state index in [2.05, 4.69) is 6.92 Å². The van der Waals surface area contributed by atoms with Gasteiger partial charge in [-0.05, 0) is 24.7 Å². The maximum atomic E-state index is 11.7. The molecule has 3 fully saturated rings. The minimum atomic E-state index is -0.751. The van der Waals surface area contributed by atoms with Crippen LogP contribution in [0.4, 0.5) is 0 Å². The second-order valence-corrected chi connectivity index (χ2v) is 8.95. The van der Waals surface area contributed by atoms with Crippen LogP contribution in [0.25, 0.3) is 0 Å². The van der Waals surface area contributed by atoms with Gasteiger partial charge in [-0.25, -0.2) is 0 Å². The van der Waals surface area contributed by atoms with Crippen LogP contribution in [0, 0.1) is 29.1 Å². The lowest BCUT2D eigenvalue weighted by Gasteiger charge is -2.40. The Kier molecular flexibility index (Phi) is 4.88. The van der Waals surface area contributed by atoms with Gasteiger partial charge in [-0.1, -0.05) is 6.92 Å². The molecule has 29 heavy (non-hydrogen) atoms. The van der Waals surface area contributed by atoms with E-state index in [1.807, 2.05) is 0 Å². The molecule has 2 aliphatic heterocycles. The van der Waals surface area contributed by atoms with Gasteiger partial charge < -0.3 is 23.7 Å². The Hall–Kier alpha value is -2.09. The Morgan fingerprint density at radius 1 is 1.10 bits per heavy atom. The van der Waals surface area contributed by atoms with Crippen molar-refractivity contribution in [3.8, 4) is 0 Å². The van der Waals surface area contributed by atoms with Gasteiger partial charge in [-0.2, -0.15) is 0 Å². The van der Waals surface area contributed by atoms with E-state index in [4.69, 9.17) is 23.7 Å². The van der Waals surface area contributed by atoms with Crippen molar-refractivity contribution in [3.05, 3.63) is 11.8 Å². The Bertz CT molecular complexity index is 754. The molecule has 4 rings (SSSR count). The van der Waals surface area contributed by atoms with Gasteiger partial charge in [0.15, 0.2) is 0 Å². The van der Waals surface area contributed by atoms with E-state index in [1.165, 1.54) is 20.8 Å². The van der Waals surface area contributed by atoms with E-state index in [0.29, 0.717) is 19.1 Å². The zero-order chi connectivity index (χ0) is 21.0. The van der Waals surface area contributed by atoms with Crippen LogP contribution in [-0.4, -0.2) is 49.6 Å². The highest BCUT2D eigenvalue weighted by molar-refractivity contribution is 5.67. The molecule has 0 aromatic heterocycles. The van der Waals surface area contributed by atoms with E-state index in [1.54, 1.807) is 6.26 Å². The minimum absolute atomic E-state index is 0.0528. The number of carbonyl (C=O) groups excluding carboxylic acids is 3. The maximum Gasteiger partial charge on any atom is 0.305 e. The molecule has 0 bridgehead atoms. The molecule has 2 heterocycles. The quantitative estimate of drug-likeness (QED) is 0.387. The van der Waals surface area contributed by atoms with Crippen molar-refractivity contribution in [2.45, 2.75) is 52.4 Å². The van der Waals surface area contributed by atoms with E-state index in [0.717, 1.165) is 18.4 Å². The first kappa shape index (κ1) is 20.2. The van der Waals surface area contributed by atoms with Crippen molar-refractivity contribution in [3.63, 3.8) is 0 Å². The highest BCUT2D eigenvalue weighted by Crippen LogP contribution is 2.72. The fraction of sp³-hybridized carbons (Fsp3) is 0.762. The maximum absolute atomic E-state index is 11.7. The van der Waals surface area contributed by atoms with Gasteiger partial charge in [0.2, 0.25) is 6.29 Å². The third-order valence-electron chi connectivity index (χ3n) is 7.09. The monoisotopic (exact) mass is 408 g/mol. The van der Waals surface area contributed by atoms with Gasteiger partial charge >= 0.3 is 17.9 Å². The van der Waals surface area contributed by atoms with Gasteiger partial charge in [0.05, 0.1) is 25.4 Å². The lowest BCUT2D eigenvalue weighted by molar-refractivity contribution is -0.193. The van der Waals surface area contributed by atoms with Gasteiger partial charge in [0.1, 0.15) is 12.2 Å². The lowest BCUT2D eigenvalue weighted by Crippen LogP contribution is -2.47.